The van der Waals surface area contributed by atoms with Gasteiger partial charge in [0.1, 0.15) is 12.3 Å². The first-order valence-electron chi connectivity index (χ1n) is 4.77. The highest BCUT2D eigenvalue weighted by atomic mass is 79.9. The van der Waals surface area contributed by atoms with Gasteiger partial charge in [-0.05, 0) is 28.1 Å². The molecule has 4 nitrogen and oxygen atoms in total. The van der Waals surface area contributed by atoms with Gasteiger partial charge in [0.05, 0.1) is 11.6 Å². The molecule has 1 aromatic rings. The summed E-state index contributed by atoms with van der Waals surface area (Å²) < 4.78 is 41.2. The van der Waals surface area contributed by atoms with E-state index in [2.05, 4.69) is 21.2 Å². The van der Waals surface area contributed by atoms with E-state index in [0.717, 1.165) is 0 Å². The molecule has 0 aliphatic rings. The molecule has 18 heavy (non-hydrogen) atoms. The van der Waals surface area contributed by atoms with Crippen molar-refractivity contribution in [3.63, 3.8) is 0 Å². The largest absolute Gasteiger partial charge is 0.495 e. The third-order valence-electron chi connectivity index (χ3n) is 1.86. The minimum Gasteiger partial charge on any atom is -0.495 e. The Morgan fingerprint density at radius 2 is 2.11 bits per heavy atom. The van der Waals surface area contributed by atoms with E-state index in [1.165, 1.54) is 19.2 Å². The molecule has 0 unspecified atom stereocenters. The number of hydrogen-bond acceptors (Lipinski definition) is 2. The van der Waals surface area contributed by atoms with Crippen molar-refractivity contribution in [1.29, 1.82) is 0 Å². The number of rotatable bonds is 3. The zero-order valence-corrected chi connectivity index (χ0v) is 10.9. The van der Waals surface area contributed by atoms with E-state index in [-0.39, 0.29) is 0 Å². The summed E-state index contributed by atoms with van der Waals surface area (Å²) in [6, 6.07) is 3.69. The average Bonchev–Trinajstić information content (AvgIpc) is 2.28. The Kier molecular flexibility index (Phi) is 4.83. The fourth-order valence-corrected chi connectivity index (χ4v) is 1.50. The first-order valence-corrected chi connectivity index (χ1v) is 5.56. The molecule has 2 N–H and O–H groups in total. The number of nitrogens with one attached hydrogen (secondary N) is 2. The van der Waals surface area contributed by atoms with Crippen LogP contribution in [0.15, 0.2) is 22.7 Å². The Morgan fingerprint density at radius 1 is 1.44 bits per heavy atom. The maximum absolute atomic E-state index is 11.9. The lowest BCUT2D eigenvalue weighted by Gasteiger charge is -2.11. The maximum atomic E-state index is 11.9. The Hall–Kier alpha value is -1.44. The highest BCUT2D eigenvalue weighted by molar-refractivity contribution is 9.10. The number of carbonyl (C=O) groups is 1. The van der Waals surface area contributed by atoms with Crippen molar-refractivity contribution in [3.05, 3.63) is 22.7 Å². The summed E-state index contributed by atoms with van der Waals surface area (Å²) in [4.78, 5) is 11.2. The molecule has 0 saturated heterocycles. The summed E-state index contributed by atoms with van der Waals surface area (Å²) in [6.45, 7) is -1.38. The average molecular weight is 327 g/mol. The molecule has 0 saturated carbocycles. The molecule has 100 valence electrons. The number of alkyl halides is 3. The Labute approximate surface area is 110 Å². The third-order valence-corrected chi connectivity index (χ3v) is 2.51. The van der Waals surface area contributed by atoms with E-state index in [9.17, 15) is 18.0 Å². The zero-order valence-electron chi connectivity index (χ0n) is 9.27. The number of urea groups is 1. The number of ether oxygens (including phenoxy) is 1. The van der Waals surface area contributed by atoms with E-state index in [4.69, 9.17) is 4.74 Å². The lowest BCUT2D eigenvalue weighted by Crippen LogP contribution is -2.36. The van der Waals surface area contributed by atoms with Crippen LogP contribution in [0.4, 0.5) is 23.7 Å². The van der Waals surface area contributed by atoms with Gasteiger partial charge in [0, 0.05) is 11.8 Å². The summed E-state index contributed by atoms with van der Waals surface area (Å²) in [6.07, 6.45) is -4.44. The Balaban J connectivity index is 2.59. The van der Waals surface area contributed by atoms with Gasteiger partial charge in [-0.1, -0.05) is 0 Å². The van der Waals surface area contributed by atoms with E-state index < -0.39 is 18.8 Å². The summed E-state index contributed by atoms with van der Waals surface area (Å²) in [5, 5.41) is 3.96. The van der Waals surface area contributed by atoms with E-state index in [0.29, 0.717) is 15.9 Å². The van der Waals surface area contributed by atoms with Crippen LogP contribution in [0, 0.1) is 0 Å². The van der Waals surface area contributed by atoms with E-state index >= 15 is 0 Å². The second kappa shape index (κ2) is 5.94. The number of benzene rings is 1. The van der Waals surface area contributed by atoms with Gasteiger partial charge in [-0.25, -0.2) is 4.79 Å². The van der Waals surface area contributed by atoms with Crippen LogP contribution in [0.3, 0.4) is 0 Å². The summed E-state index contributed by atoms with van der Waals surface area (Å²) in [7, 11) is 1.44. The van der Waals surface area contributed by atoms with Crippen molar-refractivity contribution in [2.75, 3.05) is 19.0 Å². The van der Waals surface area contributed by atoms with Crippen LogP contribution in [0.25, 0.3) is 0 Å². The maximum Gasteiger partial charge on any atom is 0.405 e. The van der Waals surface area contributed by atoms with Gasteiger partial charge in [-0.15, -0.1) is 0 Å². The predicted molar refractivity (Wildman–Crippen MR) is 63.8 cm³/mol. The predicted octanol–water partition coefficient (Wildman–Crippen LogP) is 3.14. The van der Waals surface area contributed by atoms with Crippen LogP contribution in [0.1, 0.15) is 0 Å². The summed E-state index contributed by atoms with van der Waals surface area (Å²) >= 11 is 3.21. The molecular formula is C10H10BrF3N2O2. The van der Waals surface area contributed by atoms with E-state index in [1.54, 1.807) is 11.4 Å². The Bertz CT molecular complexity index is 438. The molecule has 0 fully saturated rings. The summed E-state index contributed by atoms with van der Waals surface area (Å²) in [5.74, 6) is 0.462. The topological polar surface area (TPSA) is 50.4 Å². The van der Waals surface area contributed by atoms with Gasteiger partial charge in [-0.2, -0.15) is 13.2 Å². The molecule has 0 aromatic heterocycles. The smallest absolute Gasteiger partial charge is 0.405 e. The quantitative estimate of drug-likeness (QED) is 0.896. The number of carbonyl (C=O) groups excluding carboxylic acids is 1. The molecule has 0 bridgehead atoms. The van der Waals surface area contributed by atoms with Crippen molar-refractivity contribution in [2.45, 2.75) is 6.18 Å². The fourth-order valence-electron chi connectivity index (χ4n) is 1.09. The molecule has 0 spiro atoms. The van der Waals surface area contributed by atoms with Gasteiger partial charge in [0.2, 0.25) is 0 Å². The standard InChI is InChI=1S/C10H10BrF3N2O2/c1-18-8-4-6(2-3-7(8)11)16-9(17)15-5-10(12,13)14/h2-4H,5H2,1H3,(H2,15,16,17). The molecule has 0 radical (unpaired) electrons. The fraction of sp³-hybridized carbons (Fsp3) is 0.300. The van der Waals surface area contributed by atoms with Crippen molar-refractivity contribution in [2.24, 2.45) is 0 Å². The monoisotopic (exact) mass is 326 g/mol. The van der Waals surface area contributed by atoms with Crippen LogP contribution >= 0.6 is 15.9 Å². The molecular weight excluding hydrogens is 317 g/mol. The van der Waals surface area contributed by atoms with Crippen molar-refractivity contribution in [1.82, 2.24) is 5.32 Å². The van der Waals surface area contributed by atoms with Crippen LogP contribution in [0.5, 0.6) is 5.75 Å². The minimum absolute atomic E-state index is 0.328. The van der Waals surface area contributed by atoms with Gasteiger partial charge >= 0.3 is 12.2 Å². The second-order valence-corrected chi connectivity index (χ2v) is 4.13. The van der Waals surface area contributed by atoms with Crippen molar-refractivity contribution in [3.8, 4) is 5.75 Å². The first-order chi connectivity index (χ1) is 8.31. The summed E-state index contributed by atoms with van der Waals surface area (Å²) in [5.41, 5.74) is 0.328. The molecule has 0 aliphatic heterocycles. The molecule has 0 atom stereocenters. The van der Waals surface area contributed by atoms with Crippen molar-refractivity contribution < 1.29 is 22.7 Å². The van der Waals surface area contributed by atoms with Gasteiger partial charge in [-0.3, -0.25) is 0 Å². The van der Waals surface area contributed by atoms with E-state index in [1.807, 2.05) is 0 Å². The van der Waals surface area contributed by atoms with Crippen molar-refractivity contribution >= 4 is 27.6 Å². The molecule has 1 aromatic carbocycles. The lowest BCUT2D eigenvalue weighted by molar-refractivity contribution is -0.122. The molecule has 0 aliphatic carbocycles. The number of hydrogen-bond donors (Lipinski definition) is 2. The number of amides is 2. The highest BCUT2D eigenvalue weighted by Gasteiger charge is 2.27. The Morgan fingerprint density at radius 3 is 2.67 bits per heavy atom. The number of halogens is 4. The molecule has 2 amide bonds. The van der Waals surface area contributed by atoms with Crippen LogP contribution in [-0.2, 0) is 0 Å². The van der Waals surface area contributed by atoms with Crippen LogP contribution < -0.4 is 15.4 Å². The highest BCUT2D eigenvalue weighted by Crippen LogP contribution is 2.27. The normalized spacial score (nSPS) is 10.9. The first kappa shape index (κ1) is 14.6. The molecule has 0 heterocycles. The third kappa shape index (κ3) is 4.82. The SMILES string of the molecule is COc1cc(NC(=O)NCC(F)(F)F)ccc1Br. The van der Waals surface area contributed by atoms with Gasteiger partial charge < -0.3 is 15.4 Å². The van der Waals surface area contributed by atoms with Gasteiger partial charge in [0.25, 0.3) is 0 Å². The van der Waals surface area contributed by atoms with Crippen LogP contribution in [-0.4, -0.2) is 25.9 Å². The molecule has 8 heteroatoms. The van der Waals surface area contributed by atoms with Gasteiger partial charge in [0.15, 0.2) is 0 Å². The lowest BCUT2D eigenvalue weighted by atomic mass is 10.3. The number of methoxy groups -OCH3 is 1. The number of anilines is 1. The zero-order chi connectivity index (χ0) is 13.8. The van der Waals surface area contributed by atoms with Crippen LogP contribution in [0.2, 0.25) is 0 Å². The molecule has 1 rings (SSSR count). The second-order valence-electron chi connectivity index (χ2n) is 3.27. The minimum atomic E-state index is -4.44.